The molecule has 0 atom stereocenters. The number of aromatic amines is 1. The van der Waals surface area contributed by atoms with Gasteiger partial charge in [-0.25, -0.2) is 0 Å². The van der Waals surface area contributed by atoms with Crippen LogP contribution in [0.2, 0.25) is 0 Å². The molecule has 2 N–H and O–H groups in total. The third-order valence-corrected chi connectivity index (χ3v) is 4.07. The van der Waals surface area contributed by atoms with Crippen molar-refractivity contribution in [1.82, 2.24) is 14.9 Å². The van der Waals surface area contributed by atoms with Crippen LogP contribution < -0.4 is 10.9 Å². The van der Waals surface area contributed by atoms with E-state index in [0.29, 0.717) is 5.52 Å². The smallest absolute Gasteiger partial charge is 0.274 e. The third kappa shape index (κ3) is 1.48. The minimum Gasteiger partial charge on any atom is -0.357 e. The number of aromatic nitrogens is 2. The first kappa shape index (κ1) is 11.5. The van der Waals surface area contributed by atoms with Gasteiger partial charge < -0.3 is 14.9 Å². The molecule has 4 heteroatoms. The largest absolute Gasteiger partial charge is 0.357 e. The van der Waals surface area contributed by atoms with Gasteiger partial charge in [-0.05, 0) is 22.8 Å². The number of aryl methyl sites for hydroxylation is 1. The van der Waals surface area contributed by atoms with Crippen molar-refractivity contribution in [1.29, 1.82) is 0 Å². The minimum atomic E-state index is 0.0134. The average Bonchev–Trinajstić information content (AvgIpc) is 3.10. The molecule has 0 saturated carbocycles. The molecule has 3 heterocycles. The van der Waals surface area contributed by atoms with Crippen LogP contribution in [0, 0.1) is 0 Å². The number of hydrogen-bond acceptors (Lipinski definition) is 2. The SMILES string of the molecule is Cn1cc(-c2cccc3c2CNC3)c2cc[nH]c2c1=O. The van der Waals surface area contributed by atoms with E-state index in [4.69, 9.17) is 0 Å². The van der Waals surface area contributed by atoms with Crippen LogP contribution in [0.3, 0.4) is 0 Å². The van der Waals surface area contributed by atoms with Gasteiger partial charge in [0.1, 0.15) is 5.52 Å². The Labute approximate surface area is 116 Å². The van der Waals surface area contributed by atoms with E-state index in [1.165, 1.54) is 16.7 Å². The first-order valence-corrected chi connectivity index (χ1v) is 6.74. The van der Waals surface area contributed by atoms with Gasteiger partial charge in [0, 0.05) is 43.5 Å². The van der Waals surface area contributed by atoms with Gasteiger partial charge in [-0.2, -0.15) is 0 Å². The summed E-state index contributed by atoms with van der Waals surface area (Å²) in [7, 11) is 1.80. The molecule has 0 saturated heterocycles. The van der Waals surface area contributed by atoms with Gasteiger partial charge in [0.15, 0.2) is 0 Å². The zero-order valence-electron chi connectivity index (χ0n) is 11.2. The van der Waals surface area contributed by atoms with E-state index in [2.05, 4.69) is 28.5 Å². The molecule has 4 nitrogen and oxygen atoms in total. The van der Waals surface area contributed by atoms with Crippen molar-refractivity contribution in [3.8, 4) is 11.1 Å². The molecule has 1 aliphatic heterocycles. The van der Waals surface area contributed by atoms with Gasteiger partial charge in [0.25, 0.3) is 5.56 Å². The van der Waals surface area contributed by atoms with Crippen molar-refractivity contribution in [2.24, 2.45) is 7.05 Å². The molecule has 0 spiro atoms. The Morgan fingerprint density at radius 3 is 2.95 bits per heavy atom. The Hall–Kier alpha value is -2.33. The van der Waals surface area contributed by atoms with E-state index in [-0.39, 0.29) is 5.56 Å². The first-order chi connectivity index (χ1) is 9.75. The van der Waals surface area contributed by atoms with Gasteiger partial charge in [0.05, 0.1) is 0 Å². The fourth-order valence-electron chi connectivity index (χ4n) is 3.07. The number of rotatable bonds is 1. The molecule has 0 amide bonds. The quantitative estimate of drug-likeness (QED) is 0.708. The average molecular weight is 265 g/mol. The second kappa shape index (κ2) is 4.08. The molecule has 2 aromatic heterocycles. The maximum Gasteiger partial charge on any atom is 0.274 e. The fraction of sp³-hybridized carbons (Fsp3) is 0.188. The van der Waals surface area contributed by atoms with Crippen molar-refractivity contribution in [2.75, 3.05) is 0 Å². The van der Waals surface area contributed by atoms with E-state index in [0.717, 1.165) is 24.0 Å². The molecular formula is C16H15N3O. The van der Waals surface area contributed by atoms with Gasteiger partial charge in [-0.1, -0.05) is 18.2 Å². The molecule has 1 aromatic carbocycles. The van der Waals surface area contributed by atoms with Crippen molar-refractivity contribution in [3.05, 3.63) is 58.1 Å². The van der Waals surface area contributed by atoms with Crippen LogP contribution in [0.5, 0.6) is 0 Å². The number of fused-ring (bicyclic) bond motifs is 2. The number of hydrogen-bond donors (Lipinski definition) is 2. The zero-order chi connectivity index (χ0) is 13.7. The molecule has 1 aliphatic rings. The van der Waals surface area contributed by atoms with Gasteiger partial charge in [-0.3, -0.25) is 4.79 Å². The van der Waals surface area contributed by atoms with Gasteiger partial charge in [0.2, 0.25) is 0 Å². The highest BCUT2D eigenvalue weighted by molar-refractivity contribution is 5.95. The molecule has 20 heavy (non-hydrogen) atoms. The van der Waals surface area contributed by atoms with E-state index in [1.54, 1.807) is 11.6 Å². The van der Waals surface area contributed by atoms with Crippen molar-refractivity contribution < 1.29 is 0 Å². The summed E-state index contributed by atoms with van der Waals surface area (Å²) in [6.45, 7) is 1.81. The molecule has 0 aliphatic carbocycles. The summed E-state index contributed by atoms with van der Waals surface area (Å²) in [5, 5.41) is 4.38. The van der Waals surface area contributed by atoms with Crippen LogP contribution in [0.1, 0.15) is 11.1 Å². The summed E-state index contributed by atoms with van der Waals surface area (Å²) in [4.78, 5) is 15.2. The molecular weight excluding hydrogens is 250 g/mol. The highest BCUT2D eigenvalue weighted by Gasteiger charge is 2.17. The Morgan fingerprint density at radius 2 is 2.05 bits per heavy atom. The highest BCUT2D eigenvalue weighted by atomic mass is 16.1. The van der Waals surface area contributed by atoms with Gasteiger partial charge >= 0.3 is 0 Å². The molecule has 4 rings (SSSR count). The summed E-state index contributed by atoms with van der Waals surface area (Å²) in [6, 6.07) is 8.37. The number of H-pyrrole nitrogens is 1. The number of nitrogens with one attached hydrogen (secondary N) is 2. The van der Waals surface area contributed by atoms with Crippen LogP contribution in [0.4, 0.5) is 0 Å². The lowest BCUT2D eigenvalue weighted by molar-refractivity contribution is 0.765. The predicted molar refractivity (Wildman–Crippen MR) is 79.5 cm³/mol. The van der Waals surface area contributed by atoms with Crippen molar-refractivity contribution in [3.63, 3.8) is 0 Å². The van der Waals surface area contributed by atoms with Crippen LogP contribution >= 0.6 is 0 Å². The van der Waals surface area contributed by atoms with Crippen molar-refractivity contribution >= 4 is 10.9 Å². The second-order valence-electron chi connectivity index (χ2n) is 5.27. The molecule has 0 radical (unpaired) electrons. The third-order valence-electron chi connectivity index (χ3n) is 4.07. The minimum absolute atomic E-state index is 0.0134. The van der Waals surface area contributed by atoms with E-state index < -0.39 is 0 Å². The summed E-state index contributed by atoms with van der Waals surface area (Å²) >= 11 is 0. The van der Waals surface area contributed by atoms with E-state index >= 15 is 0 Å². The number of benzene rings is 1. The summed E-state index contributed by atoms with van der Waals surface area (Å²) in [5.41, 5.74) is 5.71. The Morgan fingerprint density at radius 1 is 1.15 bits per heavy atom. The second-order valence-corrected chi connectivity index (χ2v) is 5.27. The van der Waals surface area contributed by atoms with Crippen LogP contribution in [0.25, 0.3) is 22.0 Å². The Bertz CT molecular complexity index is 873. The number of pyridine rings is 1. The lowest BCUT2D eigenvalue weighted by atomic mass is 9.96. The van der Waals surface area contributed by atoms with E-state index in [9.17, 15) is 4.79 Å². The van der Waals surface area contributed by atoms with Gasteiger partial charge in [-0.15, -0.1) is 0 Å². The van der Waals surface area contributed by atoms with Crippen LogP contribution in [0.15, 0.2) is 41.5 Å². The normalized spacial score (nSPS) is 13.8. The lowest BCUT2D eigenvalue weighted by Crippen LogP contribution is -2.16. The molecule has 0 unspecified atom stereocenters. The van der Waals surface area contributed by atoms with E-state index in [1.807, 2.05) is 18.5 Å². The lowest BCUT2D eigenvalue weighted by Gasteiger charge is -2.11. The molecule has 3 aromatic rings. The topological polar surface area (TPSA) is 49.8 Å². The highest BCUT2D eigenvalue weighted by Crippen LogP contribution is 2.32. The maximum absolute atomic E-state index is 12.1. The molecule has 0 fully saturated rings. The summed E-state index contributed by atoms with van der Waals surface area (Å²) in [5.74, 6) is 0. The first-order valence-electron chi connectivity index (χ1n) is 6.74. The monoisotopic (exact) mass is 265 g/mol. The zero-order valence-corrected chi connectivity index (χ0v) is 11.2. The van der Waals surface area contributed by atoms with Crippen LogP contribution in [-0.2, 0) is 20.1 Å². The Kier molecular flexibility index (Phi) is 2.35. The maximum atomic E-state index is 12.1. The van der Waals surface area contributed by atoms with Crippen LogP contribution in [-0.4, -0.2) is 9.55 Å². The fourth-order valence-corrected chi connectivity index (χ4v) is 3.07. The predicted octanol–water partition coefficient (Wildman–Crippen LogP) is 2.14. The summed E-state index contributed by atoms with van der Waals surface area (Å²) in [6.07, 6.45) is 3.77. The Balaban J connectivity index is 2.09. The standard InChI is InChI=1S/C16H15N3O/c1-19-9-14(12-5-6-18-15(12)16(19)20)11-4-2-3-10-7-17-8-13(10)11/h2-6,9,17-18H,7-8H2,1H3. The van der Waals surface area contributed by atoms with Crippen molar-refractivity contribution in [2.45, 2.75) is 13.1 Å². The summed E-state index contributed by atoms with van der Waals surface area (Å²) < 4.78 is 1.65. The molecule has 100 valence electrons. The molecule has 0 bridgehead atoms. The number of nitrogens with zero attached hydrogens (tertiary/aromatic N) is 1.